The fourth-order valence-corrected chi connectivity index (χ4v) is 1.84. The average Bonchev–Trinajstić information content (AvgIpc) is 2.78. The third-order valence-corrected chi connectivity index (χ3v) is 2.79. The van der Waals surface area contributed by atoms with Crippen LogP contribution in [0.5, 0.6) is 0 Å². The highest BCUT2D eigenvalue weighted by atomic mass is 16.5. The molecule has 1 aromatic heterocycles. The summed E-state index contributed by atoms with van der Waals surface area (Å²) in [5.41, 5.74) is 0. The number of hydrogen-bond acceptors (Lipinski definition) is 5. The summed E-state index contributed by atoms with van der Waals surface area (Å²) in [7, 11) is 0. The maximum Gasteiger partial charge on any atom is 0.371 e. The first-order valence-electron chi connectivity index (χ1n) is 5.45. The summed E-state index contributed by atoms with van der Waals surface area (Å²) in [6.07, 6.45) is 0. The standard InChI is InChI=1S/C11H15NO5/c13-6-8-7-16-4-3-12(8)5-9-1-2-10(17-9)11(14)15/h1-2,8,13H,3-7H2,(H,14,15). The van der Waals surface area contributed by atoms with Gasteiger partial charge in [0, 0.05) is 6.54 Å². The molecule has 1 atom stereocenters. The number of aliphatic hydroxyl groups excluding tert-OH is 1. The summed E-state index contributed by atoms with van der Waals surface area (Å²) in [6.45, 7) is 2.31. The summed E-state index contributed by atoms with van der Waals surface area (Å²) in [6, 6.07) is 3.03. The van der Waals surface area contributed by atoms with E-state index in [1.54, 1.807) is 6.07 Å². The Morgan fingerprint density at radius 2 is 2.35 bits per heavy atom. The van der Waals surface area contributed by atoms with Crippen LogP contribution < -0.4 is 0 Å². The first kappa shape index (κ1) is 12.1. The van der Waals surface area contributed by atoms with Crippen LogP contribution in [0.25, 0.3) is 0 Å². The van der Waals surface area contributed by atoms with Crippen LogP contribution in [0.2, 0.25) is 0 Å². The number of rotatable bonds is 4. The number of carboxylic acid groups (broad SMARTS) is 1. The highest BCUT2D eigenvalue weighted by Crippen LogP contribution is 2.14. The molecule has 2 N–H and O–H groups in total. The molecule has 1 aromatic rings. The fourth-order valence-electron chi connectivity index (χ4n) is 1.84. The molecule has 1 aliphatic heterocycles. The van der Waals surface area contributed by atoms with E-state index in [0.29, 0.717) is 32.1 Å². The van der Waals surface area contributed by atoms with Crippen molar-refractivity contribution in [2.45, 2.75) is 12.6 Å². The Balaban J connectivity index is 2.00. The highest BCUT2D eigenvalue weighted by Gasteiger charge is 2.23. The number of aromatic carboxylic acids is 1. The Bertz CT molecular complexity index is 389. The van der Waals surface area contributed by atoms with Gasteiger partial charge in [0.15, 0.2) is 0 Å². The summed E-state index contributed by atoms with van der Waals surface area (Å²) < 4.78 is 10.4. The minimum Gasteiger partial charge on any atom is -0.475 e. The molecule has 6 heteroatoms. The maximum absolute atomic E-state index is 10.7. The van der Waals surface area contributed by atoms with Crippen LogP contribution in [0.15, 0.2) is 16.5 Å². The second kappa shape index (κ2) is 5.31. The van der Waals surface area contributed by atoms with Crippen molar-refractivity contribution >= 4 is 5.97 Å². The van der Waals surface area contributed by atoms with E-state index in [4.69, 9.17) is 14.3 Å². The lowest BCUT2D eigenvalue weighted by Gasteiger charge is -2.33. The molecule has 94 valence electrons. The molecule has 2 heterocycles. The molecule has 0 aromatic carbocycles. The van der Waals surface area contributed by atoms with E-state index in [-0.39, 0.29) is 18.4 Å². The Kier molecular flexibility index (Phi) is 3.78. The molecule has 1 aliphatic rings. The smallest absolute Gasteiger partial charge is 0.371 e. The zero-order valence-corrected chi connectivity index (χ0v) is 9.33. The van der Waals surface area contributed by atoms with Gasteiger partial charge in [-0.2, -0.15) is 0 Å². The summed E-state index contributed by atoms with van der Waals surface area (Å²) in [5.74, 6) is -0.548. The maximum atomic E-state index is 10.7. The molecule has 1 fully saturated rings. The van der Waals surface area contributed by atoms with Gasteiger partial charge in [-0.3, -0.25) is 4.90 Å². The topological polar surface area (TPSA) is 83.1 Å². The third-order valence-electron chi connectivity index (χ3n) is 2.79. The fraction of sp³-hybridized carbons (Fsp3) is 0.545. The molecule has 2 rings (SSSR count). The number of carbonyl (C=O) groups is 1. The molecule has 6 nitrogen and oxygen atoms in total. The number of hydrogen-bond donors (Lipinski definition) is 2. The number of nitrogens with zero attached hydrogens (tertiary/aromatic N) is 1. The van der Waals surface area contributed by atoms with Crippen molar-refractivity contribution in [1.82, 2.24) is 4.90 Å². The van der Waals surface area contributed by atoms with Gasteiger partial charge in [0.2, 0.25) is 5.76 Å². The number of ether oxygens (including phenoxy) is 1. The summed E-state index contributed by atoms with van der Waals surface area (Å²) in [5, 5.41) is 17.9. The lowest BCUT2D eigenvalue weighted by molar-refractivity contribution is -0.0337. The average molecular weight is 241 g/mol. The van der Waals surface area contributed by atoms with Gasteiger partial charge in [0.05, 0.1) is 32.4 Å². The number of aliphatic hydroxyl groups is 1. The van der Waals surface area contributed by atoms with Crippen molar-refractivity contribution in [2.24, 2.45) is 0 Å². The SMILES string of the molecule is O=C(O)c1ccc(CN2CCOCC2CO)o1. The van der Waals surface area contributed by atoms with E-state index in [2.05, 4.69) is 0 Å². The zero-order chi connectivity index (χ0) is 12.3. The van der Waals surface area contributed by atoms with Gasteiger partial charge in [-0.25, -0.2) is 4.79 Å². The van der Waals surface area contributed by atoms with Crippen molar-refractivity contribution in [3.8, 4) is 0 Å². The molecule has 0 spiro atoms. The van der Waals surface area contributed by atoms with E-state index in [1.807, 2.05) is 4.90 Å². The van der Waals surface area contributed by atoms with E-state index >= 15 is 0 Å². The van der Waals surface area contributed by atoms with Gasteiger partial charge in [0.25, 0.3) is 0 Å². The van der Waals surface area contributed by atoms with Crippen LogP contribution >= 0.6 is 0 Å². The quantitative estimate of drug-likeness (QED) is 0.782. The van der Waals surface area contributed by atoms with E-state index in [0.717, 1.165) is 0 Å². The molecule has 0 bridgehead atoms. The number of morpholine rings is 1. The predicted molar refractivity (Wildman–Crippen MR) is 57.8 cm³/mol. The van der Waals surface area contributed by atoms with E-state index in [9.17, 15) is 9.90 Å². The third kappa shape index (κ3) is 2.85. The van der Waals surface area contributed by atoms with Crippen LogP contribution in [0, 0.1) is 0 Å². The van der Waals surface area contributed by atoms with Crippen molar-refractivity contribution in [1.29, 1.82) is 0 Å². The molecule has 17 heavy (non-hydrogen) atoms. The Labute approximate surface area is 98.4 Å². The largest absolute Gasteiger partial charge is 0.475 e. The molecule has 1 unspecified atom stereocenters. The van der Waals surface area contributed by atoms with Crippen molar-refractivity contribution < 1.29 is 24.2 Å². The van der Waals surface area contributed by atoms with Crippen molar-refractivity contribution in [2.75, 3.05) is 26.4 Å². The van der Waals surface area contributed by atoms with Crippen LogP contribution in [0.1, 0.15) is 16.3 Å². The molecule has 0 aliphatic carbocycles. The van der Waals surface area contributed by atoms with Crippen LogP contribution in [-0.2, 0) is 11.3 Å². The zero-order valence-electron chi connectivity index (χ0n) is 9.33. The molecule has 0 saturated carbocycles. The second-order valence-corrected chi connectivity index (χ2v) is 3.95. The van der Waals surface area contributed by atoms with Gasteiger partial charge >= 0.3 is 5.97 Å². The predicted octanol–water partition coefficient (Wildman–Crippen LogP) is 0.171. The van der Waals surface area contributed by atoms with Gasteiger partial charge < -0.3 is 19.4 Å². The highest BCUT2D eigenvalue weighted by molar-refractivity contribution is 5.84. The second-order valence-electron chi connectivity index (χ2n) is 3.95. The van der Waals surface area contributed by atoms with Gasteiger partial charge in [0.1, 0.15) is 5.76 Å². The molecular formula is C11H15NO5. The normalized spacial score (nSPS) is 21.6. The molecule has 1 saturated heterocycles. The van der Waals surface area contributed by atoms with Crippen molar-refractivity contribution in [3.05, 3.63) is 23.7 Å². The monoisotopic (exact) mass is 241 g/mol. The lowest BCUT2D eigenvalue weighted by Crippen LogP contribution is -2.46. The van der Waals surface area contributed by atoms with Gasteiger partial charge in [-0.15, -0.1) is 0 Å². The number of carboxylic acids is 1. The first-order chi connectivity index (χ1) is 8.20. The summed E-state index contributed by atoms with van der Waals surface area (Å²) in [4.78, 5) is 12.7. The van der Waals surface area contributed by atoms with Crippen LogP contribution in [-0.4, -0.2) is 53.5 Å². The molecule has 0 amide bonds. The van der Waals surface area contributed by atoms with Crippen molar-refractivity contribution in [3.63, 3.8) is 0 Å². The Morgan fingerprint density at radius 1 is 1.53 bits per heavy atom. The first-order valence-corrected chi connectivity index (χ1v) is 5.45. The molecule has 0 radical (unpaired) electrons. The minimum atomic E-state index is -1.07. The Morgan fingerprint density at radius 3 is 3.00 bits per heavy atom. The number of furan rings is 1. The lowest BCUT2D eigenvalue weighted by atomic mass is 10.2. The van der Waals surface area contributed by atoms with E-state index in [1.165, 1.54) is 6.07 Å². The van der Waals surface area contributed by atoms with E-state index < -0.39 is 5.97 Å². The van der Waals surface area contributed by atoms with Gasteiger partial charge in [-0.1, -0.05) is 0 Å². The van der Waals surface area contributed by atoms with Gasteiger partial charge in [-0.05, 0) is 12.1 Å². The minimum absolute atomic E-state index is 0.0203. The summed E-state index contributed by atoms with van der Waals surface area (Å²) >= 11 is 0. The van der Waals surface area contributed by atoms with Crippen LogP contribution in [0.4, 0.5) is 0 Å². The van der Waals surface area contributed by atoms with Crippen LogP contribution in [0.3, 0.4) is 0 Å². The Hall–Kier alpha value is -1.37. The molecular weight excluding hydrogens is 226 g/mol.